The third-order valence-corrected chi connectivity index (χ3v) is 3.51. The van der Waals surface area contributed by atoms with E-state index in [1.165, 1.54) is 25.0 Å². The fourth-order valence-corrected chi connectivity index (χ4v) is 2.43. The lowest BCUT2D eigenvalue weighted by atomic mass is 10.00. The number of carbonyl (C=O) groups is 2. The van der Waals surface area contributed by atoms with Crippen LogP contribution >= 0.6 is 0 Å². The molecule has 0 radical (unpaired) electrons. The molecule has 2 rings (SSSR count). The molecule has 5 heteroatoms. The summed E-state index contributed by atoms with van der Waals surface area (Å²) in [6.07, 6.45) is 4.71. The number of aromatic carboxylic acids is 1. The number of amides is 1. The number of hydrogen-bond donors (Lipinski definition) is 2. The summed E-state index contributed by atoms with van der Waals surface area (Å²) in [5.41, 5.74) is 0. The predicted molar refractivity (Wildman–Crippen MR) is 64.6 cm³/mol. The van der Waals surface area contributed by atoms with Crippen molar-refractivity contribution in [1.82, 2.24) is 5.32 Å². The number of carbonyl (C=O) groups excluding carboxylic acids is 1. The highest BCUT2D eigenvalue weighted by atomic mass is 16.4. The van der Waals surface area contributed by atoms with E-state index in [1.54, 1.807) is 0 Å². The summed E-state index contributed by atoms with van der Waals surface area (Å²) in [7, 11) is 0. The van der Waals surface area contributed by atoms with E-state index in [0.717, 1.165) is 12.8 Å². The summed E-state index contributed by atoms with van der Waals surface area (Å²) >= 11 is 0. The van der Waals surface area contributed by atoms with Gasteiger partial charge in [0.15, 0.2) is 5.76 Å². The van der Waals surface area contributed by atoms with Crippen molar-refractivity contribution in [3.05, 3.63) is 23.7 Å². The Morgan fingerprint density at radius 3 is 2.50 bits per heavy atom. The zero-order valence-corrected chi connectivity index (χ0v) is 10.3. The third-order valence-electron chi connectivity index (χ3n) is 3.51. The molecule has 1 aliphatic rings. The molecule has 5 nitrogen and oxygen atoms in total. The maximum atomic E-state index is 11.8. The van der Waals surface area contributed by atoms with E-state index in [-0.39, 0.29) is 23.5 Å². The first kappa shape index (κ1) is 12.7. The van der Waals surface area contributed by atoms with Crippen molar-refractivity contribution in [1.29, 1.82) is 0 Å². The summed E-state index contributed by atoms with van der Waals surface area (Å²) < 4.78 is 4.96. The first-order chi connectivity index (χ1) is 8.58. The molecule has 1 aromatic heterocycles. The number of carboxylic acid groups (broad SMARTS) is 1. The zero-order chi connectivity index (χ0) is 13.1. The topological polar surface area (TPSA) is 79.5 Å². The average molecular weight is 251 g/mol. The van der Waals surface area contributed by atoms with Crippen LogP contribution in [0.25, 0.3) is 0 Å². The van der Waals surface area contributed by atoms with E-state index in [2.05, 4.69) is 5.32 Å². The Balaban J connectivity index is 1.95. The van der Waals surface area contributed by atoms with Crippen LogP contribution < -0.4 is 5.32 Å². The maximum absolute atomic E-state index is 11.8. The molecule has 2 N–H and O–H groups in total. The molecule has 98 valence electrons. The van der Waals surface area contributed by atoms with E-state index < -0.39 is 5.97 Å². The van der Waals surface area contributed by atoms with Crippen LogP contribution in [0.4, 0.5) is 0 Å². The number of hydrogen-bond acceptors (Lipinski definition) is 3. The number of carboxylic acids is 1. The fourth-order valence-electron chi connectivity index (χ4n) is 2.43. The molecule has 0 spiro atoms. The minimum atomic E-state index is -1.17. The monoisotopic (exact) mass is 251 g/mol. The Morgan fingerprint density at radius 2 is 1.94 bits per heavy atom. The second-order valence-corrected chi connectivity index (χ2v) is 4.78. The van der Waals surface area contributed by atoms with Gasteiger partial charge in [0.2, 0.25) is 5.76 Å². The van der Waals surface area contributed by atoms with Gasteiger partial charge < -0.3 is 14.8 Å². The summed E-state index contributed by atoms with van der Waals surface area (Å²) in [6.45, 7) is 1.98. The Bertz CT molecular complexity index is 446. The summed E-state index contributed by atoms with van der Waals surface area (Å²) in [6, 6.07) is 2.77. The van der Waals surface area contributed by atoms with Gasteiger partial charge in [0.25, 0.3) is 5.91 Å². The molecule has 1 heterocycles. The standard InChI is InChI=1S/C13H17NO4/c1-8(9-4-2-3-5-9)14-12(15)10-6-7-11(18-10)13(16)17/h6-9H,2-5H2,1H3,(H,14,15)(H,16,17). The molecule has 1 aromatic rings. The Labute approximate surface area is 105 Å². The summed E-state index contributed by atoms with van der Waals surface area (Å²) in [4.78, 5) is 22.5. The van der Waals surface area contributed by atoms with Crippen LogP contribution in [0.15, 0.2) is 16.5 Å². The molecule has 0 bridgehead atoms. The van der Waals surface area contributed by atoms with Crippen LogP contribution in [0.2, 0.25) is 0 Å². The van der Waals surface area contributed by atoms with Crippen LogP contribution in [0.1, 0.15) is 53.7 Å². The van der Waals surface area contributed by atoms with Gasteiger partial charge in [0.1, 0.15) is 0 Å². The molecule has 0 aromatic carbocycles. The van der Waals surface area contributed by atoms with Crippen molar-refractivity contribution in [3.8, 4) is 0 Å². The molecule has 1 amide bonds. The van der Waals surface area contributed by atoms with E-state index in [4.69, 9.17) is 9.52 Å². The number of nitrogens with one attached hydrogen (secondary N) is 1. The van der Waals surface area contributed by atoms with Gasteiger partial charge in [-0.05, 0) is 37.8 Å². The average Bonchev–Trinajstić information content (AvgIpc) is 3.00. The highest BCUT2D eigenvalue weighted by Gasteiger charge is 2.24. The molecule has 1 unspecified atom stereocenters. The highest BCUT2D eigenvalue weighted by Crippen LogP contribution is 2.27. The Morgan fingerprint density at radius 1 is 1.33 bits per heavy atom. The first-order valence-corrected chi connectivity index (χ1v) is 6.22. The lowest BCUT2D eigenvalue weighted by Crippen LogP contribution is -2.37. The predicted octanol–water partition coefficient (Wildman–Crippen LogP) is 2.29. The Kier molecular flexibility index (Phi) is 3.69. The molecule has 1 aliphatic carbocycles. The molecular weight excluding hydrogens is 234 g/mol. The van der Waals surface area contributed by atoms with E-state index in [0.29, 0.717) is 5.92 Å². The van der Waals surface area contributed by atoms with Crippen molar-refractivity contribution in [2.24, 2.45) is 5.92 Å². The van der Waals surface area contributed by atoms with Gasteiger partial charge >= 0.3 is 5.97 Å². The minimum absolute atomic E-state index is 0.0530. The van der Waals surface area contributed by atoms with Crippen molar-refractivity contribution >= 4 is 11.9 Å². The normalized spacial score (nSPS) is 17.6. The lowest BCUT2D eigenvalue weighted by Gasteiger charge is -2.19. The molecular formula is C13H17NO4. The van der Waals surface area contributed by atoms with Crippen LogP contribution in [-0.2, 0) is 0 Å². The van der Waals surface area contributed by atoms with Crippen molar-refractivity contribution < 1.29 is 19.1 Å². The zero-order valence-electron chi connectivity index (χ0n) is 10.3. The maximum Gasteiger partial charge on any atom is 0.371 e. The minimum Gasteiger partial charge on any atom is -0.475 e. The Hall–Kier alpha value is -1.78. The van der Waals surface area contributed by atoms with Gasteiger partial charge in [-0.1, -0.05) is 12.8 Å². The van der Waals surface area contributed by atoms with E-state index in [1.807, 2.05) is 6.92 Å². The van der Waals surface area contributed by atoms with Crippen LogP contribution in [0.5, 0.6) is 0 Å². The van der Waals surface area contributed by atoms with Crippen LogP contribution in [-0.4, -0.2) is 23.0 Å². The van der Waals surface area contributed by atoms with E-state index in [9.17, 15) is 9.59 Å². The molecule has 0 aliphatic heterocycles. The second kappa shape index (κ2) is 5.25. The van der Waals surface area contributed by atoms with Gasteiger partial charge in [-0.2, -0.15) is 0 Å². The van der Waals surface area contributed by atoms with Crippen molar-refractivity contribution in [2.45, 2.75) is 38.6 Å². The van der Waals surface area contributed by atoms with Crippen molar-refractivity contribution in [3.63, 3.8) is 0 Å². The molecule has 1 fully saturated rings. The first-order valence-electron chi connectivity index (χ1n) is 6.22. The van der Waals surface area contributed by atoms with Gasteiger partial charge in [-0.15, -0.1) is 0 Å². The SMILES string of the molecule is CC(NC(=O)c1ccc(C(=O)O)o1)C1CCCC1. The van der Waals surface area contributed by atoms with Crippen molar-refractivity contribution in [2.75, 3.05) is 0 Å². The largest absolute Gasteiger partial charge is 0.475 e. The quantitative estimate of drug-likeness (QED) is 0.860. The van der Waals surface area contributed by atoms with Crippen LogP contribution in [0, 0.1) is 5.92 Å². The van der Waals surface area contributed by atoms with E-state index >= 15 is 0 Å². The van der Waals surface area contributed by atoms with Gasteiger partial charge in [0, 0.05) is 6.04 Å². The number of furan rings is 1. The lowest BCUT2D eigenvalue weighted by molar-refractivity contribution is 0.0659. The molecule has 1 saturated carbocycles. The second-order valence-electron chi connectivity index (χ2n) is 4.78. The molecule has 18 heavy (non-hydrogen) atoms. The van der Waals surface area contributed by atoms with Crippen LogP contribution in [0.3, 0.4) is 0 Å². The fraction of sp³-hybridized carbons (Fsp3) is 0.538. The highest BCUT2D eigenvalue weighted by molar-refractivity contribution is 5.93. The molecule has 1 atom stereocenters. The van der Waals surface area contributed by atoms with Gasteiger partial charge in [0.05, 0.1) is 0 Å². The third kappa shape index (κ3) is 2.72. The summed E-state index contributed by atoms with van der Waals surface area (Å²) in [5.74, 6) is -1.16. The number of rotatable bonds is 4. The summed E-state index contributed by atoms with van der Waals surface area (Å²) in [5, 5.41) is 11.6. The van der Waals surface area contributed by atoms with Gasteiger partial charge in [-0.3, -0.25) is 4.79 Å². The van der Waals surface area contributed by atoms with Gasteiger partial charge in [-0.25, -0.2) is 4.79 Å². The smallest absolute Gasteiger partial charge is 0.371 e. The molecule has 0 saturated heterocycles.